The van der Waals surface area contributed by atoms with E-state index in [9.17, 15) is 9.90 Å². The summed E-state index contributed by atoms with van der Waals surface area (Å²) in [7, 11) is 0. The van der Waals surface area contributed by atoms with E-state index in [0.717, 1.165) is 16.7 Å². The molecule has 1 aliphatic heterocycles. The largest absolute Gasteiger partial charge is 0.504 e. The lowest BCUT2D eigenvalue weighted by molar-refractivity contribution is -0.131. The molecule has 0 unspecified atom stereocenters. The number of cyclic esters (lactones) is 1. The van der Waals surface area contributed by atoms with Crippen molar-refractivity contribution in [3.05, 3.63) is 103 Å². The minimum atomic E-state index is -0.677. The molecule has 4 rings (SSSR count). The van der Waals surface area contributed by atoms with Crippen molar-refractivity contribution in [2.75, 3.05) is 0 Å². The highest BCUT2D eigenvalue weighted by molar-refractivity contribution is 6.42. The molecule has 1 aliphatic rings. The maximum atomic E-state index is 12.4. The van der Waals surface area contributed by atoms with Crippen molar-refractivity contribution < 1.29 is 14.6 Å². The lowest BCUT2D eigenvalue weighted by Gasteiger charge is -2.08. The van der Waals surface area contributed by atoms with Gasteiger partial charge in [-0.05, 0) is 52.6 Å². The third-order valence-corrected chi connectivity index (χ3v) is 6.04. The van der Waals surface area contributed by atoms with Gasteiger partial charge in [-0.2, -0.15) is 0 Å². The highest BCUT2D eigenvalue weighted by Crippen LogP contribution is 2.37. The van der Waals surface area contributed by atoms with Crippen LogP contribution >= 0.6 is 46.4 Å². The topological polar surface area (TPSA) is 46.5 Å². The van der Waals surface area contributed by atoms with Crippen molar-refractivity contribution in [3.63, 3.8) is 0 Å². The van der Waals surface area contributed by atoms with Crippen LogP contribution in [0.15, 0.2) is 72.2 Å². The summed E-state index contributed by atoms with van der Waals surface area (Å²) in [6.45, 7) is 0. The fourth-order valence-corrected chi connectivity index (χ4v) is 3.71. The maximum absolute atomic E-state index is 12.4. The number of hydrogen-bond acceptors (Lipinski definition) is 3. The number of aliphatic hydroxyl groups is 1. The Balaban J connectivity index is 1.79. The normalized spacial score (nSPS) is 15.1. The van der Waals surface area contributed by atoms with E-state index >= 15 is 0 Å². The molecule has 1 heterocycles. The molecule has 0 aromatic heterocycles. The summed E-state index contributed by atoms with van der Waals surface area (Å²) in [5.74, 6) is -0.917. The van der Waals surface area contributed by atoms with Crippen LogP contribution in [0.5, 0.6) is 0 Å². The van der Waals surface area contributed by atoms with Crippen LogP contribution in [0, 0.1) is 0 Å². The van der Waals surface area contributed by atoms with E-state index in [0.29, 0.717) is 20.6 Å². The van der Waals surface area contributed by atoms with E-state index in [1.807, 2.05) is 30.3 Å². The minimum absolute atomic E-state index is 0.0202. The number of carbonyl (C=O) groups excluding carboxylic acids is 1. The SMILES string of the molecule is O=C1OC(=Cc2ccccc2-c2ccc(Cl)c(Cl)c2)C(O)=C1c1ccc(Cl)c(Cl)c1. The van der Waals surface area contributed by atoms with E-state index in [-0.39, 0.29) is 22.1 Å². The van der Waals surface area contributed by atoms with E-state index in [4.69, 9.17) is 51.1 Å². The van der Waals surface area contributed by atoms with E-state index in [1.165, 1.54) is 6.07 Å². The average Bonchev–Trinajstić information content (AvgIpc) is 3.00. The van der Waals surface area contributed by atoms with Crippen LogP contribution in [0.1, 0.15) is 11.1 Å². The van der Waals surface area contributed by atoms with Gasteiger partial charge < -0.3 is 9.84 Å². The highest BCUT2D eigenvalue weighted by atomic mass is 35.5. The van der Waals surface area contributed by atoms with Crippen LogP contribution in [0.2, 0.25) is 20.1 Å². The summed E-state index contributed by atoms with van der Waals surface area (Å²) >= 11 is 24.2. The highest BCUT2D eigenvalue weighted by Gasteiger charge is 2.31. The lowest BCUT2D eigenvalue weighted by atomic mass is 9.98. The Morgan fingerprint density at radius 2 is 1.37 bits per heavy atom. The Kier molecular flexibility index (Phi) is 5.81. The van der Waals surface area contributed by atoms with E-state index < -0.39 is 5.97 Å². The van der Waals surface area contributed by atoms with Gasteiger partial charge in [0.05, 0.1) is 20.1 Å². The molecule has 30 heavy (non-hydrogen) atoms. The molecule has 0 fully saturated rings. The second-order valence-corrected chi connectivity index (χ2v) is 8.10. The predicted octanol–water partition coefficient (Wildman–Crippen LogP) is 7.83. The summed E-state index contributed by atoms with van der Waals surface area (Å²) in [6, 6.07) is 17.4. The molecule has 0 spiro atoms. The smallest absolute Gasteiger partial charge is 0.348 e. The summed E-state index contributed by atoms with van der Waals surface area (Å²) in [5, 5.41) is 12.2. The van der Waals surface area contributed by atoms with Gasteiger partial charge in [0.1, 0.15) is 5.57 Å². The summed E-state index contributed by atoms with van der Waals surface area (Å²) in [6.07, 6.45) is 1.59. The molecule has 3 nitrogen and oxygen atoms in total. The molecule has 0 saturated heterocycles. The maximum Gasteiger partial charge on any atom is 0.348 e. The summed E-state index contributed by atoms with van der Waals surface area (Å²) in [5.41, 5.74) is 2.81. The lowest BCUT2D eigenvalue weighted by Crippen LogP contribution is -1.98. The third kappa shape index (κ3) is 3.94. The molecular formula is C23H12Cl4O3. The first-order chi connectivity index (χ1) is 14.3. The first-order valence-corrected chi connectivity index (χ1v) is 10.2. The van der Waals surface area contributed by atoms with Crippen LogP contribution in [0.3, 0.4) is 0 Å². The molecule has 3 aromatic carbocycles. The van der Waals surface area contributed by atoms with Gasteiger partial charge in [0.15, 0.2) is 11.5 Å². The number of esters is 1. The Bertz CT molecular complexity index is 1240. The van der Waals surface area contributed by atoms with Crippen LogP contribution in [0.25, 0.3) is 22.8 Å². The molecule has 0 amide bonds. The zero-order valence-electron chi connectivity index (χ0n) is 15.1. The van der Waals surface area contributed by atoms with Crippen LogP contribution in [-0.4, -0.2) is 11.1 Å². The van der Waals surface area contributed by atoms with Crippen molar-refractivity contribution in [3.8, 4) is 11.1 Å². The fourth-order valence-electron chi connectivity index (χ4n) is 3.11. The van der Waals surface area contributed by atoms with Gasteiger partial charge in [-0.3, -0.25) is 0 Å². The second-order valence-electron chi connectivity index (χ2n) is 6.47. The van der Waals surface area contributed by atoms with Gasteiger partial charge in [0.25, 0.3) is 0 Å². The van der Waals surface area contributed by atoms with Gasteiger partial charge in [-0.1, -0.05) is 82.8 Å². The van der Waals surface area contributed by atoms with Crippen LogP contribution in [0.4, 0.5) is 0 Å². The first-order valence-electron chi connectivity index (χ1n) is 8.72. The van der Waals surface area contributed by atoms with Crippen molar-refractivity contribution in [1.29, 1.82) is 0 Å². The van der Waals surface area contributed by atoms with Gasteiger partial charge in [-0.25, -0.2) is 4.79 Å². The minimum Gasteiger partial charge on any atom is -0.504 e. The van der Waals surface area contributed by atoms with Crippen molar-refractivity contribution in [1.82, 2.24) is 0 Å². The molecular weight excluding hydrogens is 466 g/mol. The monoisotopic (exact) mass is 476 g/mol. The number of ether oxygens (including phenoxy) is 1. The Labute approximate surface area is 192 Å². The Morgan fingerprint density at radius 3 is 2.03 bits per heavy atom. The molecule has 1 N–H and O–H groups in total. The molecule has 150 valence electrons. The molecule has 0 saturated carbocycles. The standard InChI is InChI=1S/C23H12Cl4O3/c24-16-7-5-13(9-18(16)26)15-4-2-1-3-12(15)11-20-22(28)21(23(29)30-20)14-6-8-17(25)19(27)10-14/h1-11,28H. The molecule has 0 aliphatic carbocycles. The molecule has 0 radical (unpaired) electrons. The van der Waals surface area contributed by atoms with Crippen molar-refractivity contribution >= 4 is 64.0 Å². The van der Waals surface area contributed by atoms with Crippen molar-refractivity contribution in [2.45, 2.75) is 0 Å². The Hall–Kier alpha value is -2.43. The number of rotatable bonds is 3. The Morgan fingerprint density at radius 1 is 0.767 bits per heavy atom. The second kappa shape index (κ2) is 8.37. The zero-order valence-corrected chi connectivity index (χ0v) is 18.2. The quantitative estimate of drug-likeness (QED) is 0.391. The van der Waals surface area contributed by atoms with Gasteiger partial charge in [-0.15, -0.1) is 0 Å². The van der Waals surface area contributed by atoms with Crippen LogP contribution < -0.4 is 0 Å². The fraction of sp³-hybridized carbons (Fsp3) is 0. The van der Waals surface area contributed by atoms with Gasteiger partial charge in [0, 0.05) is 0 Å². The number of carbonyl (C=O) groups is 1. The van der Waals surface area contributed by atoms with E-state index in [2.05, 4.69) is 0 Å². The molecule has 0 bridgehead atoms. The first kappa shape index (κ1) is 20.8. The summed E-state index contributed by atoms with van der Waals surface area (Å²) < 4.78 is 5.32. The third-order valence-electron chi connectivity index (χ3n) is 4.56. The molecule has 7 heteroatoms. The molecule has 3 aromatic rings. The van der Waals surface area contributed by atoms with Crippen LogP contribution in [-0.2, 0) is 9.53 Å². The number of hydrogen-bond donors (Lipinski definition) is 1. The number of benzene rings is 3. The summed E-state index contributed by atoms with van der Waals surface area (Å²) in [4.78, 5) is 12.4. The zero-order chi connectivity index (χ0) is 21.4. The van der Waals surface area contributed by atoms with E-state index in [1.54, 1.807) is 30.3 Å². The van der Waals surface area contributed by atoms with Gasteiger partial charge >= 0.3 is 5.97 Å². The number of aliphatic hydroxyl groups excluding tert-OH is 1. The van der Waals surface area contributed by atoms with Crippen molar-refractivity contribution in [2.24, 2.45) is 0 Å². The average molecular weight is 478 g/mol. The van der Waals surface area contributed by atoms with Gasteiger partial charge in [0.2, 0.25) is 0 Å². The predicted molar refractivity (Wildman–Crippen MR) is 122 cm³/mol. The number of halogens is 4. The molecule has 0 atom stereocenters.